The third kappa shape index (κ3) is 4.32. The van der Waals surface area contributed by atoms with Gasteiger partial charge >= 0.3 is 5.63 Å². The lowest BCUT2D eigenvalue weighted by atomic mass is 10.0. The van der Waals surface area contributed by atoms with Crippen LogP contribution in [0.1, 0.15) is 22.7 Å². The van der Waals surface area contributed by atoms with Crippen LogP contribution in [0.25, 0.3) is 11.0 Å². The number of hydrogen-bond acceptors (Lipinski definition) is 6. The molecule has 8 heteroatoms. The van der Waals surface area contributed by atoms with Crippen LogP contribution in [-0.4, -0.2) is 43.1 Å². The zero-order valence-corrected chi connectivity index (χ0v) is 19.7. The predicted octanol–water partition coefficient (Wildman–Crippen LogP) is 4.63. The van der Waals surface area contributed by atoms with Crippen molar-refractivity contribution in [2.24, 2.45) is 0 Å². The maximum atomic E-state index is 13.3. The first-order valence-electron chi connectivity index (χ1n) is 10.2. The number of amides is 1. The first-order valence-corrected chi connectivity index (χ1v) is 11.8. The maximum Gasteiger partial charge on any atom is 0.340 e. The lowest BCUT2D eigenvalue weighted by Crippen LogP contribution is -2.42. The van der Waals surface area contributed by atoms with Gasteiger partial charge in [0.05, 0.1) is 37.3 Å². The summed E-state index contributed by atoms with van der Waals surface area (Å²) in [6.45, 7) is 2.44. The maximum absolute atomic E-state index is 13.3. The molecular formula is C24H24ClNO5S. The van der Waals surface area contributed by atoms with E-state index in [2.05, 4.69) is 0 Å². The molecular weight excluding hydrogens is 450 g/mol. The van der Waals surface area contributed by atoms with Crippen LogP contribution in [0.2, 0.25) is 5.02 Å². The summed E-state index contributed by atoms with van der Waals surface area (Å²) in [6, 6.07) is 11.0. The highest BCUT2D eigenvalue weighted by atomic mass is 35.5. The summed E-state index contributed by atoms with van der Waals surface area (Å²) in [4.78, 5) is 28.0. The Labute approximate surface area is 195 Å². The number of hydrogen-bond donors (Lipinski definition) is 0. The molecule has 0 bridgehead atoms. The molecule has 6 nitrogen and oxygen atoms in total. The number of nitrogens with zero attached hydrogens (tertiary/aromatic N) is 1. The van der Waals surface area contributed by atoms with Gasteiger partial charge in [0.1, 0.15) is 17.1 Å². The number of carbonyl (C=O) groups excluding carboxylic acids is 1. The van der Waals surface area contributed by atoms with Crippen molar-refractivity contribution in [3.8, 4) is 11.5 Å². The van der Waals surface area contributed by atoms with Gasteiger partial charge in [0.25, 0.3) is 0 Å². The Morgan fingerprint density at radius 3 is 2.66 bits per heavy atom. The van der Waals surface area contributed by atoms with Crippen LogP contribution in [0.3, 0.4) is 0 Å². The molecule has 4 rings (SSSR count). The van der Waals surface area contributed by atoms with E-state index >= 15 is 0 Å². The zero-order valence-electron chi connectivity index (χ0n) is 18.1. The lowest BCUT2D eigenvalue weighted by Gasteiger charge is -2.36. The summed E-state index contributed by atoms with van der Waals surface area (Å²) in [7, 11) is 3.13. The second-order valence-electron chi connectivity index (χ2n) is 7.60. The van der Waals surface area contributed by atoms with Gasteiger partial charge in [-0.2, -0.15) is 11.8 Å². The van der Waals surface area contributed by atoms with Crippen LogP contribution in [0, 0.1) is 6.92 Å². The molecule has 0 saturated carbocycles. The minimum atomic E-state index is -0.514. The molecule has 1 amide bonds. The second kappa shape index (κ2) is 9.46. The van der Waals surface area contributed by atoms with Gasteiger partial charge in [-0.1, -0.05) is 23.7 Å². The smallest absolute Gasteiger partial charge is 0.340 e. The highest BCUT2D eigenvalue weighted by molar-refractivity contribution is 7.99. The molecule has 0 aliphatic carbocycles. The van der Waals surface area contributed by atoms with Crippen molar-refractivity contribution >= 4 is 40.2 Å². The Bertz CT molecular complexity index is 1210. The van der Waals surface area contributed by atoms with Crippen molar-refractivity contribution < 1.29 is 18.7 Å². The molecule has 32 heavy (non-hydrogen) atoms. The highest BCUT2D eigenvalue weighted by Crippen LogP contribution is 2.33. The predicted molar refractivity (Wildman–Crippen MR) is 127 cm³/mol. The molecule has 1 saturated heterocycles. The molecule has 0 radical (unpaired) electrons. The average Bonchev–Trinajstić information content (AvgIpc) is 2.82. The molecule has 168 valence electrons. The number of halogens is 1. The summed E-state index contributed by atoms with van der Waals surface area (Å²) in [5, 5.41) is 1.11. The van der Waals surface area contributed by atoms with Gasteiger partial charge in [-0.05, 0) is 36.2 Å². The first kappa shape index (κ1) is 22.6. The molecule has 1 aliphatic heterocycles. The Hall–Kier alpha value is -2.64. The molecule has 0 N–H and O–H groups in total. The molecule has 0 spiro atoms. The van der Waals surface area contributed by atoms with Crippen LogP contribution in [0.5, 0.6) is 11.5 Å². The molecule has 1 atom stereocenters. The first-order chi connectivity index (χ1) is 15.4. The number of rotatable bonds is 5. The van der Waals surface area contributed by atoms with E-state index in [0.29, 0.717) is 39.4 Å². The largest absolute Gasteiger partial charge is 0.497 e. The third-order valence-electron chi connectivity index (χ3n) is 5.84. The van der Waals surface area contributed by atoms with Crippen molar-refractivity contribution in [1.29, 1.82) is 0 Å². The molecule has 2 aromatic carbocycles. The lowest BCUT2D eigenvalue weighted by molar-refractivity contribution is -0.132. The fourth-order valence-electron chi connectivity index (χ4n) is 4.01. The van der Waals surface area contributed by atoms with Crippen LogP contribution < -0.4 is 15.1 Å². The van der Waals surface area contributed by atoms with E-state index in [0.717, 1.165) is 22.8 Å². The van der Waals surface area contributed by atoms with Crippen molar-refractivity contribution in [2.45, 2.75) is 19.4 Å². The quantitative estimate of drug-likeness (QED) is 0.503. The van der Waals surface area contributed by atoms with Crippen LogP contribution in [0.15, 0.2) is 45.6 Å². The van der Waals surface area contributed by atoms with Crippen molar-refractivity contribution in [2.75, 3.05) is 32.3 Å². The monoisotopic (exact) mass is 473 g/mol. The minimum absolute atomic E-state index is 0.0227. The molecule has 1 aliphatic rings. The zero-order chi connectivity index (χ0) is 22.8. The van der Waals surface area contributed by atoms with Gasteiger partial charge in [0, 0.05) is 29.5 Å². The van der Waals surface area contributed by atoms with E-state index in [4.69, 9.17) is 25.5 Å². The molecule has 2 heterocycles. The number of benzene rings is 2. The number of ether oxygens (including phenoxy) is 2. The average molecular weight is 474 g/mol. The second-order valence-corrected chi connectivity index (χ2v) is 9.16. The summed E-state index contributed by atoms with van der Waals surface area (Å²) >= 11 is 8.09. The molecule has 1 fully saturated rings. The number of aryl methyl sites for hydroxylation is 1. The Kier molecular flexibility index (Phi) is 6.67. The van der Waals surface area contributed by atoms with E-state index in [1.54, 1.807) is 19.2 Å². The molecule has 1 aromatic heterocycles. The number of carbonyl (C=O) groups is 1. The van der Waals surface area contributed by atoms with Crippen LogP contribution in [0.4, 0.5) is 0 Å². The minimum Gasteiger partial charge on any atom is -0.497 e. The molecule has 3 aromatic rings. The highest BCUT2D eigenvalue weighted by Gasteiger charge is 2.29. The number of methoxy groups -OCH3 is 2. The van der Waals surface area contributed by atoms with Gasteiger partial charge in [-0.15, -0.1) is 0 Å². The van der Waals surface area contributed by atoms with Crippen molar-refractivity contribution in [1.82, 2.24) is 4.90 Å². The van der Waals surface area contributed by atoms with E-state index in [-0.39, 0.29) is 18.4 Å². The Balaban J connectivity index is 1.65. The van der Waals surface area contributed by atoms with Gasteiger partial charge in [-0.3, -0.25) is 4.79 Å². The van der Waals surface area contributed by atoms with E-state index in [1.807, 2.05) is 47.9 Å². The van der Waals surface area contributed by atoms with Gasteiger partial charge in [0.15, 0.2) is 0 Å². The van der Waals surface area contributed by atoms with Crippen molar-refractivity contribution in [3.05, 3.63) is 68.5 Å². The van der Waals surface area contributed by atoms with E-state index in [9.17, 15) is 9.59 Å². The summed E-state index contributed by atoms with van der Waals surface area (Å²) in [5.74, 6) is 2.77. The summed E-state index contributed by atoms with van der Waals surface area (Å²) < 4.78 is 16.0. The van der Waals surface area contributed by atoms with Crippen LogP contribution in [-0.2, 0) is 11.2 Å². The van der Waals surface area contributed by atoms with Gasteiger partial charge in [-0.25, -0.2) is 4.79 Å². The fraction of sp³-hybridized carbons (Fsp3) is 0.333. The molecule has 1 unspecified atom stereocenters. The van der Waals surface area contributed by atoms with E-state index < -0.39 is 5.63 Å². The Morgan fingerprint density at radius 1 is 1.22 bits per heavy atom. The third-order valence-corrected chi connectivity index (χ3v) is 7.16. The Morgan fingerprint density at radius 2 is 1.97 bits per heavy atom. The van der Waals surface area contributed by atoms with Crippen LogP contribution >= 0.6 is 23.4 Å². The SMILES string of the molecule is COc1ccc(C2CSCCN2C(=O)Cc2c(C)c3cc(Cl)c(OC)cc3oc2=O)cc1. The topological polar surface area (TPSA) is 69.0 Å². The fourth-order valence-corrected chi connectivity index (χ4v) is 5.34. The standard InChI is InChI=1S/C24H24ClNO5S/c1-14-17-10-19(25)22(30-3)12-21(17)31-24(28)18(14)11-23(27)26-8-9-32-13-20(26)15-4-6-16(29-2)7-5-15/h4-7,10,12,20H,8-9,11,13H2,1-3H3. The van der Waals surface area contributed by atoms with Gasteiger partial charge < -0.3 is 18.8 Å². The number of fused-ring (bicyclic) bond motifs is 1. The summed E-state index contributed by atoms with van der Waals surface area (Å²) in [6.07, 6.45) is -0.0227. The summed E-state index contributed by atoms with van der Waals surface area (Å²) in [5.41, 5.74) is 1.97. The van der Waals surface area contributed by atoms with E-state index in [1.165, 1.54) is 7.11 Å². The van der Waals surface area contributed by atoms with Crippen molar-refractivity contribution in [3.63, 3.8) is 0 Å². The normalized spacial score (nSPS) is 16.2. The number of thioether (sulfide) groups is 1. The van der Waals surface area contributed by atoms with Gasteiger partial charge in [0.2, 0.25) is 5.91 Å².